The molecule has 0 unspecified atom stereocenters. The molecule has 0 aliphatic heterocycles. The zero-order valence-corrected chi connectivity index (χ0v) is 12.0. The SMILES string of the molecule is COc1ccc(NC(=O)CSc2n[nH]c(C)n2)c(N)c1. The summed E-state index contributed by atoms with van der Waals surface area (Å²) in [6.45, 7) is 1.80. The van der Waals surface area contributed by atoms with Crippen LogP contribution >= 0.6 is 11.8 Å². The average Bonchev–Trinajstić information content (AvgIpc) is 2.84. The normalized spacial score (nSPS) is 10.3. The molecule has 2 rings (SSSR count). The Balaban J connectivity index is 1.91. The van der Waals surface area contributed by atoms with E-state index in [4.69, 9.17) is 10.5 Å². The lowest BCUT2D eigenvalue weighted by atomic mass is 10.2. The minimum Gasteiger partial charge on any atom is -0.497 e. The first kappa shape index (κ1) is 14.2. The number of aromatic nitrogens is 3. The van der Waals surface area contributed by atoms with Crippen LogP contribution < -0.4 is 15.8 Å². The molecule has 1 aromatic carbocycles. The number of anilines is 2. The van der Waals surface area contributed by atoms with Crippen molar-refractivity contribution in [1.29, 1.82) is 0 Å². The van der Waals surface area contributed by atoms with Crippen LogP contribution in [0.5, 0.6) is 5.75 Å². The second-order valence-electron chi connectivity index (χ2n) is 3.99. The summed E-state index contributed by atoms with van der Waals surface area (Å²) in [6, 6.07) is 5.09. The quantitative estimate of drug-likeness (QED) is 0.569. The van der Waals surface area contributed by atoms with Crippen molar-refractivity contribution in [3.05, 3.63) is 24.0 Å². The number of aryl methyl sites for hydroxylation is 1. The average molecular weight is 293 g/mol. The Morgan fingerprint density at radius 3 is 2.95 bits per heavy atom. The van der Waals surface area contributed by atoms with Crippen LogP contribution in [0.3, 0.4) is 0 Å². The standard InChI is InChI=1S/C12H15N5O2S/c1-7-14-12(17-16-7)20-6-11(18)15-10-4-3-8(19-2)5-9(10)13/h3-5H,6,13H2,1-2H3,(H,15,18)(H,14,16,17). The van der Waals surface area contributed by atoms with Gasteiger partial charge in [-0.25, -0.2) is 4.98 Å². The first-order valence-corrected chi connectivity index (χ1v) is 6.82. The molecule has 8 heteroatoms. The van der Waals surface area contributed by atoms with Crippen LogP contribution in [0.2, 0.25) is 0 Å². The first-order chi connectivity index (χ1) is 9.58. The Bertz CT molecular complexity index is 614. The number of amides is 1. The van der Waals surface area contributed by atoms with Gasteiger partial charge in [-0.05, 0) is 19.1 Å². The highest BCUT2D eigenvalue weighted by atomic mass is 32.2. The largest absolute Gasteiger partial charge is 0.497 e. The Hall–Kier alpha value is -2.22. The fourth-order valence-electron chi connectivity index (χ4n) is 1.48. The molecule has 0 radical (unpaired) electrons. The molecule has 20 heavy (non-hydrogen) atoms. The number of H-pyrrole nitrogens is 1. The Labute approximate surface area is 120 Å². The summed E-state index contributed by atoms with van der Waals surface area (Å²) in [7, 11) is 1.56. The van der Waals surface area contributed by atoms with E-state index in [-0.39, 0.29) is 11.7 Å². The molecular weight excluding hydrogens is 278 g/mol. The lowest BCUT2D eigenvalue weighted by Gasteiger charge is -2.09. The van der Waals surface area contributed by atoms with Gasteiger partial charge in [-0.3, -0.25) is 9.89 Å². The zero-order chi connectivity index (χ0) is 14.5. The van der Waals surface area contributed by atoms with Crippen LogP contribution in [-0.2, 0) is 4.79 Å². The van der Waals surface area contributed by atoms with E-state index in [1.54, 1.807) is 32.2 Å². The number of ether oxygens (including phenoxy) is 1. The van der Waals surface area contributed by atoms with Crippen LogP contribution in [0.25, 0.3) is 0 Å². The van der Waals surface area contributed by atoms with Crippen molar-refractivity contribution in [3.8, 4) is 5.75 Å². The summed E-state index contributed by atoms with van der Waals surface area (Å²) in [6.07, 6.45) is 0. The summed E-state index contributed by atoms with van der Waals surface area (Å²) in [5, 5.41) is 9.93. The van der Waals surface area contributed by atoms with Crippen molar-refractivity contribution in [3.63, 3.8) is 0 Å². The molecule has 1 amide bonds. The summed E-state index contributed by atoms with van der Waals surface area (Å²) in [4.78, 5) is 15.9. The maximum Gasteiger partial charge on any atom is 0.234 e. The number of carbonyl (C=O) groups is 1. The monoisotopic (exact) mass is 293 g/mol. The van der Waals surface area contributed by atoms with E-state index in [1.165, 1.54) is 11.8 Å². The van der Waals surface area contributed by atoms with E-state index in [9.17, 15) is 4.79 Å². The smallest absolute Gasteiger partial charge is 0.234 e. The van der Waals surface area contributed by atoms with Gasteiger partial charge in [0.1, 0.15) is 11.6 Å². The van der Waals surface area contributed by atoms with Gasteiger partial charge in [0.2, 0.25) is 11.1 Å². The first-order valence-electron chi connectivity index (χ1n) is 5.83. The van der Waals surface area contributed by atoms with Crippen LogP contribution in [0, 0.1) is 6.92 Å². The number of nitrogens with one attached hydrogen (secondary N) is 2. The highest BCUT2D eigenvalue weighted by molar-refractivity contribution is 7.99. The molecule has 4 N–H and O–H groups in total. The molecule has 1 heterocycles. The van der Waals surface area contributed by atoms with Gasteiger partial charge in [-0.1, -0.05) is 11.8 Å². The zero-order valence-electron chi connectivity index (χ0n) is 11.1. The maximum absolute atomic E-state index is 11.8. The third-order valence-electron chi connectivity index (χ3n) is 2.44. The van der Waals surface area contributed by atoms with E-state index < -0.39 is 0 Å². The van der Waals surface area contributed by atoms with Gasteiger partial charge < -0.3 is 15.8 Å². The summed E-state index contributed by atoms with van der Waals surface area (Å²) in [5.41, 5.74) is 6.84. The second-order valence-corrected chi connectivity index (χ2v) is 4.94. The van der Waals surface area contributed by atoms with E-state index >= 15 is 0 Å². The lowest BCUT2D eigenvalue weighted by Crippen LogP contribution is -2.15. The number of methoxy groups -OCH3 is 1. The van der Waals surface area contributed by atoms with Crippen molar-refractivity contribution in [2.24, 2.45) is 0 Å². The number of aromatic amines is 1. The fourth-order valence-corrected chi connectivity index (χ4v) is 2.13. The van der Waals surface area contributed by atoms with Crippen molar-refractivity contribution in [2.45, 2.75) is 12.1 Å². The van der Waals surface area contributed by atoms with Gasteiger partial charge in [-0.2, -0.15) is 0 Å². The molecule has 0 fully saturated rings. The number of nitrogens with zero attached hydrogens (tertiary/aromatic N) is 2. The van der Waals surface area contributed by atoms with E-state index in [0.29, 0.717) is 28.1 Å². The van der Waals surface area contributed by atoms with Crippen LogP contribution in [-0.4, -0.2) is 34.0 Å². The van der Waals surface area contributed by atoms with Crippen molar-refractivity contribution >= 4 is 29.0 Å². The minimum atomic E-state index is -0.172. The van der Waals surface area contributed by atoms with Gasteiger partial charge in [0.15, 0.2) is 0 Å². The summed E-state index contributed by atoms with van der Waals surface area (Å²) in [5.74, 6) is 1.40. The molecular formula is C12H15N5O2S. The van der Waals surface area contributed by atoms with Crippen molar-refractivity contribution in [2.75, 3.05) is 23.9 Å². The number of rotatable bonds is 5. The highest BCUT2D eigenvalue weighted by Gasteiger charge is 2.09. The molecule has 0 saturated carbocycles. The number of carbonyl (C=O) groups excluding carboxylic acids is 1. The molecule has 1 aromatic heterocycles. The summed E-state index contributed by atoms with van der Waals surface area (Å²) >= 11 is 1.25. The fraction of sp³-hybridized carbons (Fsp3) is 0.250. The van der Waals surface area contributed by atoms with Gasteiger partial charge in [-0.15, -0.1) is 5.10 Å². The topological polar surface area (TPSA) is 106 Å². The number of nitrogen functional groups attached to an aromatic ring is 1. The van der Waals surface area contributed by atoms with Crippen LogP contribution in [0.15, 0.2) is 23.4 Å². The van der Waals surface area contributed by atoms with Gasteiger partial charge in [0.05, 0.1) is 24.2 Å². The molecule has 106 valence electrons. The Morgan fingerprint density at radius 2 is 2.35 bits per heavy atom. The third-order valence-corrected chi connectivity index (χ3v) is 3.29. The number of thioether (sulfide) groups is 1. The van der Waals surface area contributed by atoms with Gasteiger partial charge in [0, 0.05) is 6.07 Å². The predicted molar refractivity (Wildman–Crippen MR) is 77.9 cm³/mol. The maximum atomic E-state index is 11.8. The number of hydrogen-bond acceptors (Lipinski definition) is 6. The van der Waals surface area contributed by atoms with Crippen molar-refractivity contribution < 1.29 is 9.53 Å². The van der Waals surface area contributed by atoms with Gasteiger partial charge >= 0.3 is 0 Å². The van der Waals surface area contributed by atoms with Gasteiger partial charge in [0.25, 0.3) is 0 Å². The Morgan fingerprint density at radius 1 is 1.55 bits per heavy atom. The Kier molecular flexibility index (Phi) is 4.46. The third kappa shape index (κ3) is 3.64. The molecule has 0 atom stereocenters. The van der Waals surface area contributed by atoms with Crippen molar-refractivity contribution in [1.82, 2.24) is 15.2 Å². The molecule has 0 bridgehead atoms. The van der Waals surface area contributed by atoms with Crippen LogP contribution in [0.1, 0.15) is 5.82 Å². The molecule has 0 saturated heterocycles. The summed E-state index contributed by atoms with van der Waals surface area (Å²) < 4.78 is 5.05. The minimum absolute atomic E-state index is 0.172. The molecule has 0 spiro atoms. The molecule has 7 nitrogen and oxygen atoms in total. The second kappa shape index (κ2) is 6.29. The number of nitrogens with two attached hydrogens (primary N) is 1. The lowest BCUT2D eigenvalue weighted by molar-refractivity contribution is -0.113. The predicted octanol–water partition coefficient (Wildman–Crippen LogP) is 1.43. The number of hydrogen-bond donors (Lipinski definition) is 3. The van der Waals surface area contributed by atoms with E-state index in [1.807, 2.05) is 0 Å². The van der Waals surface area contributed by atoms with E-state index in [0.717, 1.165) is 0 Å². The molecule has 0 aliphatic rings. The molecule has 0 aliphatic carbocycles. The van der Waals surface area contributed by atoms with E-state index in [2.05, 4.69) is 20.5 Å². The molecule has 2 aromatic rings. The highest BCUT2D eigenvalue weighted by Crippen LogP contribution is 2.24. The number of benzene rings is 1. The van der Waals surface area contributed by atoms with Crippen LogP contribution in [0.4, 0.5) is 11.4 Å².